The first-order valence-corrected chi connectivity index (χ1v) is 5.21. The molecule has 4 heteroatoms. The van der Waals surface area contributed by atoms with Crippen LogP contribution in [0.15, 0.2) is 0 Å². The van der Waals surface area contributed by atoms with Gasteiger partial charge in [-0.2, -0.15) is 0 Å². The molecule has 0 spiro atoms. The van der Waals surface area contributed by atoms with Crippen LogP contribution in [0.2, 0.25) is 0 Å². The highest BCUT2D eigenvalue weighted by Crippen LogP contribution is 1.97. The average Bonchev–Trinajstić information content (AvgIpc) is 2.13. The van der Waals surface area contributed by atoms with Crippen LogP contribution in [0, 0.1) is 0 Å². The molecule has 0 fully saturated rings. The van der Waals surface area contributed by atoms with Crippen molar-refractivity contribution >= 4 is 5.97 Å². The third-order valence-electron chi connectivity index (χ3n) is 2.15. The van der Waals surface area contributed by atoms with Crippen LogP contribution in [0.4, 0.5) is 0 Å². The molecule has 2 N–H and O–H groups in total. The van der Waals surface area contributed by atoms with E-state index in [0.717, 1.165) is 38.9 Å². The molecule has 0 saturated carbocycles. The van der Waals surface area contributed by atoms with E-state index >= 15 is 0 Å². The molecule has 0 aromatic carbocycles. The zero-order chi connectivity index (χ0) is 10.8. The second-order valence-electron chi connectivity index (χ2n) is 3.61. The lowest BCUT2D eigenvalue weighted by Gasteiger charge is -2.15. The van der Waals surface area contributed by atoms with E-state index < -0.39 is 5.97 Å². The Morgan fingerprint density at radius 1 is 1.29 bits per heavy atom. The Morgan fingerprint density at radius 3 is 2.50 bits per heavy atom. The molecule has 0 radical (unpaired) electrons. The van der Waals surface area contributed by atoms with Crippen LogP contribution in [-0.2, 0) is 4.79 Å². The molecule has 0 unspecified atom stereocenters. The molecule has 84 valence electrons. The van der Waals surface area contributed by atoms with Crippen LogP contribution in [-0.4, -0.2) is 49.7 Å². The number of hydrogen-bond acceptors (Lipinski definition) is 3. The van der Waals surface area contributed by atoms with Crippen molar-refractivity contribution in [3.8, 4) is 0 Å². The molecule has 0 aromatic heterocycles. The van der Waals surface area contributed by atoms with Gasteiger partial charge in [-0.15, -0.1) is 0 Å². The van der Waals surface area contributed by atoms with E-state index in [1.165, 1.54) is 0 Å². The molecule has 0 amide bonds. The molecular formula is C10H22N2O2. The van der Waals surface area contributed by atoms with Gasteiger partial charge in [0, 0.05) is 6.42 Å². The Morgan fingerprint density at radius 2 is 1.93 bits per heavy atom. The molecule has 0 aliphatic carbocycles. The van der Waals surface area contributed by atoms with Crippen molar-refractivity contribution in [2.75, 3.05) is 33.7 Å². The second kappa shape index (κ2) is 8.97. The molecule has 0 rings (SSSR count). The third kappa shape index (κ3) is 9.48. The van der Waals surface area contributed by atoms with Gasteiger partial charge in [-0.05, 0) is 53.0 Å². The van der Waals surface area contributed by atoms with Crippen LogP contribution in [0.3, 0.4) is 0 Å². The summed E-state index contributed by atoms with van der Waals surface area (Å²) in [5, 5.41) is 11.5. The number of hydrogen-bond donors (Lipinski definition) is 2. The van der Waals surface area contributed by atoms with Gasteiger partial charge in [0.05, 0.1) is 0 Å². The molecule has 0 saturated heterocycles. The molecule has 0 aliphatic heterocycles. The fraction of sp³-hybridized carbons (Fsp3) is 0.900. The predicted molar refractivity (Wildman–Crippen MR) is 57.5 cm³/mol. The Bertz CT molecular complexity index is 151. The van der Waals surface area contributed by atoms with Gasteiger partial charge in [0.2, 0.25) is 0 Å². The SMILES string of the molecule is CNCCCN(C)CCCCC(=O)O. The minimum absolute atomic E-state index is 0.296. The fourth-order valence-corrected chi connectivity index (χ4v) is 1.30. The van der Waals surface area contributed by atoms with Gasteiger partial charge in [-0.3, -0.25) is 4.79 Å². The topological polar surface area (TPSA) is 52.6 Å². The van der Waals surface area contributed by atoms with Crippen molar-refractivity contribution in [1.29, 1.82) is 0 Å². The normalized spacial score (nSPS) is 10.8. The first kappa shape index (κ1) is 13.4. The van der Waals surface area contributed by atoms with Gasteiger partial charge in [0.25, 0.3) is 0 Å². The minimum Gasteiger partial charge on any atom is -0.481 e. The highest BCUT2D eigenvalue weighted by molar-refractivity contribution is 5.66. The maximum absolute atomic E-state index is 10.2. The van der Waals surface area contributed by atoms with Crippen molar-refractivity contribution in [3.05, 3.63) is 0 Å². The number of rotatable bonds is 9. The van der Waals surface area contributed by atoms with Crippen molar-refractivity contribution in [2.24, 2.45) is 0 Å². The largest absolute Gasteiger partial charge is 0.481 e. The van der Waals surface area contributed by atoms with E-state index in [4.69, 9.17) is 5.11 Å². The van der Waals surface area contributed by atoms with E-state index in [0.29, 0.717) is 6.42 Å². The monoisotopic (exact) mass is 202 g/mol. The Labute approximate surface area is 86.3 Å². The minimum atomic E-state index is -0.692. The van der Waals surface area contributed by atoms with E-state index in [1.54, 1.807) is 0 Å². The first-order valence-electron chi connectivity index (χ1n) is 5.21. The van der Waals surface area contributed by atoms with E-state index in [9.17, 15) is 4.79 Å². The smallest absolute Gasteiger partial charge is 0.303 e. The van der Waals surface area contributed by atoms with Crippen molar-refractivity contribution in [1.82, 2.24) is 10.2 Å². The molecule has 0 heterocycles. The zero-order valence-corrected chi connectivity index (χ0v) is 9.25. The number of nitrogens with one attached hydrogen (secondary N) is 1. The zero-order valence-electron chi connectivity index (χ0n) is 9.25. The number of nitrogens with zero attached hydrogens (tertiary/aromatic N) is 1. The summed E-state index contributed by atoms with van der Waals surface area (Å²) in [5.41, 5.74) is 0. The summed E-state index contributed by atoms with van der Waals surface area (Å²) in [5.74, 6) is -0.692. The lowest BCUT2D eigenvalue weighted by Crippen LogP contribution is -2.23. The number of unbranched alkanes of at least 4 members (excludes halogenated alkanes) is 1. The third-order valence-corrected chi connectivity index (χ3v) is 2.15. The van der Waals surface area contributed by atoms with Gasteiger partial charge in [-0.1, -0.05) is 0 Å². The maximum Gasteiger partial charge on any atom is 0.303 e. The van der Waals surface area contributed by atoms with Gasteiger partial charge >= 0.3 is 5.97 Å². The number of carbonyl (C=O) groups is 1. The molecule has 0 aliphatic rings. The van der Waals surface area contributed by atoms with Gasteiger partial charge in [0.1, 0.15) is 0 Å². The van der Waals surface area contributed by atoms with E-state index in [1.807, 2.05) is 7.05 Å². The number of aliphatic carboxylic acids is 1. The quantitative estimate of drug-likeness (QED) is 0.543. The van der Waals surface area contributed by atoms with Gasteiger partial charge in [0.15, 0.2) is 0 Å². The Hall–Kier alpha value is -0.610. The van der Waals surface area contributed by atoms with E-state index in [2.05, 4.69) is 17.3 Å². The fourth-order valence-electron chi connectivity index (χ4n) is 1.30. The first-order chi connectivity index (χ1) is 6.66. The standard InChI is InChI=1S/C10H22N2O2/c1-11-7-5-9-12(2)8-4-3-6-10(13)14/h11H,3-9H2,1-2H3,(H,13,14). The van der Waals surface area contributed by atoms with Crippen LogP contribution in [0.5, 0.6) is 0 Å². The summed E-state index contributed by atoms with van der Waals surface area (Å²) in [7, 11) is 4.03. The summed E-state index contributed by atoms with van der Waals surface area (Å²) >= 11 is 0. The summed E-state index contributed by atoms with van der Waals surface area (Å²) in [6, 6.07) is 0. The number of carboxylic acid groups (broad SMARTS) is 1. The Kier molecular flexibility index (Phi) is 8.57. The molecule has 4 nitrogen and oxygen atoms in total. The van der Waals surface area contributed by atoms with Crippen LogP contribution < -0.4 is 5.32 Å². The lowest BCUT2D eigenvalue weighted by molar-refractivity contribution is -0.137. The highest BCUT2D eigenvalue weighted by Gasteiger charge is 1.99. The van der Waals surface area contributed by atoms with Gasteiger partial charge < -0.3 is 15.3 Å². The second-order valence-corrected chi connectivity index (χ2v) is 3.61. The van der Waals surface area contributed by atoms with Gasteiger partial charge in [-0.25, -0.2) is 0 Å². The van der Waals surface area contributed by atoms with Crippen LogP contribution in [0.1, 0.15) is 25.7 Å². The molecule has 14 heavy (non-hydrogen) atoms. The molecular weight excluding hydrogens is 180 g/mol. The highest BCUT2D eigenvalue weighted by atomic mass is 16.4. The Balaban J connectivity index is 3.18. The summed E-state index contributed by atoms with van der Waals surface area (Å²) in [6.07, 6.45) is 3.20. The number of carboxylic acids is 1. The van der Waals surface area contributed by atoms with Crippen LogP contribution >= 0.6 is 0 Å². The molecule has 0 atom stereocenters. The molecule has 0 bridgehead atoms. The lowest BCUT2D eigenvalue weighted by atomic mass is 10.2. The summed E-state index contributed by atoms with van der Waals surface area (Å²) in [4.78, 5) is 12.5. The summed E-state index contributed by atoms with van der Waals surface area (Å²) in [6.45, 7) is 3.12. The molecule has 0 aromatic rings. The maximum atomic E-state index is 10.2. The van der Waals surface area contributed by atoms with E-state index in [-0.39, 0.29) is 0 Å². The van der Waals surface area contributed by atoms with Crippen molar-refractivity contribution < 1.29 is 9.90 Å². The van der Waals surface area contributed by atoms with Crippen LogP contribution in [0.25, 0.3) is 0 Å². The van der Waals surface area contributed by atoms with Crippen molar-refractivity contribution in [3.63, 3.8) is 0 Å². The summed E-state index contributed by atoms with van der Waals surface area (Å²) < 4.78 is 0. The van der Waals surface area contributed by atoms with Crippen molar-refractivity contribution in [2.45, 2.75) is 25.7 Å². The average molecular weight is 202 g/mol. The predicted octanol–water partition coefficient (Wildman–Crippen LogP) is 0.783.